The normalized spacial score (nSPS) is 13.3. The molecule has 4 nitrogen and oxygen atoms in total. The van der Waals surface area contributed by atoms with Crippen molar-refractivity contribution >= 4 is 41.6 Å². The molecule has 8 heteroatoms. The van der Waals surface area contributed by atoms with Crippen molar-refractivity contribution in [2.75, 3.05) is 0 Å². The molecule has 1 unspecified atom stereocenters. The fourth-order valence-electron chi connectivity index (χ4n) is 1.85. The molecule has 0 aliphatic heterocycles. The van der Waals surface area contributed by atoms with Gasteiger partial charge in [-0.1, -0.05) is 29.8 Å². The van der Waals surface area contributed by atoms with E-state index in [0.717, 1.165) is 12.1 Å². The summed E-state index contributed by atoms with van der Waals surface area (Å²) in [5.41, 5.74) is -0.473. The first-order valence-corrected chi connectivity index (χ1v) is 9.27. The minimum atomic E-state index is -4.30. The maximum absolute atomic E-state index is 14.1. The summed E-state index contributed by atoms with van der Waals surface area (Å²) in [5.74, 6) is -1.84. The summed E-state index contributed by atoms with van der Waals surface area (Å²) < 4.78 is 42.1. The predicted octanol–water partition coefficient (Wildman–Crippen LogP) is 4.11. The monoisotopic (exact) mass is 400 g/mol. The number of carbonyl (C=O) groups is 1. The third-order valence-electron chi connectivity index (χ3n) is 2.60. The highest BCUT2D eigenvalue weighted by atomic mass is 79.9. The first kappa shape index (κ1) is 18.4. The van der Waals surface area contributed by atoms with E-state index in [1.807, 2.05) is 13.8 Å². The van der Waals surface area contributed by atoms with Gasteiger partial charge in [-0.3, -0.25) is 0 Å². The molecule has 0 bridgehead atoms. The van der Waals surface area contributed by atoms with Crippen molar-refractivity contribution in [1.29, 1.82) is 0 Å². The third kappa shape index (κ3) is 5.23. The van der Waals surface area contributed by atoms with Crippen LogP contribution in [0.3, 0.4) is 0 Å². The molecule has 0 N–H and O–H groups in total. The van der Waals surface area contributed by atoms with E-state index in [2.05, 4.69) is 15.9 Å². The Morgan fingerprint density at radius 2 is 1.95 bits per heavy atom. The molecule has 0 radical (unpaired) electrons. The zero-order valence-corrected chi connectivity index (χ0v) is 14.9. The molecule has 1 rings (SSSR count). The molecule has 0 saturated heterocycles. The van der Waals surface area contributed by atoms with Crippen molar-refractivity contribution in [2.24, 2.45) is 5.92 Å². The number of rotatable bonds is 5. The van der Waals surface area contributed by atoms with Crippen LogP contribution in [0.4, 0.5) is 4.39 Å². The maximum Gasteiger partial charge on any atom is 0.341 e. The molecule has 0 fully saturated rings. The zero-order valence-electron chi connectivity index (χ0n) is 11.7. The van der Waals surface area contributed by atoms with Crippen molar-refractivity contribution in [3.8, 4) is 0 Å². The Kier molecular flexibility index (Phi) is 6.19. The lowest BCUT2D eigenvalue weighted by Crippen LogP contribution is -2.18. The summed E-state index contributed by atoms with van der Waals surface area (Å²) in [6.07, 6.45) is 0.203. The van der Waals surface area contributed by atoms with Gasteiger partial charge in [0.1, 0.15) is 4.90 Å². The van der Waals surface area contributed by atoms with E-state index >= 15 is 0 Å². The lowest BCUT2D eigenvalue weighted by atomic mass is 10.1. The Labute approximate surface area is 136 Å². The molecule has 1 aromatic carbocycles. The second kappa shape index (κ2) is 7.07. The molecule has 0 amide bonds. The Morgan fingerprint density at radius 3 is 2.43 bits per heavy atom. The quantitative estimate of drug-likeness (QED) is 0.550. The van der Waals surface area contributed by atoms with Gasteiger partial charge in [-0.25, -0.2) is 17.6 Å². The van der Waals surface area contributed by atoms with Crippen molar-refractivity contribution in [3.63, 3.8) is 0 Å². The minimum Gasteiger partial charge on any atom is -0.459 e. The van der Waals surface area contributed by atoms with Gasteiger partial charge in [0.05, 0.1) is 11.7 Å². The molecular formula is C13H15BrClFO4S. The average Bonchev–Trinajstić information content (AvgIpc) is 2.28. The van der Waals surface area contributed by atoms with E-state index in [1.54, 1.807) is 6.92 Å². The molecule has 1 aromatic rings. The molecule has 118 valence electrons. The van der Waals surface area contributed by atoms with Crippen molar-refractivity contribution in [2.45, 2.75) is 38.2 Å². The maximum atomic E-state index is 14.1. The van der Waals surface area contributed by atoms with E-state index < -0.39 is 37.4 Å². The topological polar surface area (TPSA) is 60.4 Å². The van der Waals surface area contributed by atoms with Gasteiger partial charge in [0, 0.05) is 15.2 Å². The van der Waals surface area contributed by atoms with E-state index in [1.165, 1.54) is 0 Å². The first-order chi connectivity index (χ1) is 9.52. The summed E-state index contributed by atoms with van der Waals surface area (Å²) in [6, 6.07) is 2.15. The molecule has 0 aromatic heterocycles. The predicted molar refractivity (Wildman–Crippen MR) is 81.5 cm³/mol. The number of ether oxygens (including phenoxy) is 1. The van der Waals surface area contributed by atoms with Gasteiger partial charge < -0.3 is 4.74 Å². The number of carbonyl (C=O) groups excluding carboxylic acids is 1. The van der Waals surface area contributed by atoms with Crippen LogP contribution in [0.15, 0.2) is 21.5 Å². The summed E-state index contributed by atoms with van der Waals surface area (Å²) in [7, 11) is 0.846. The van der Waals surface area contributed by atoms with Gasteiger partial charge in [0.2, 0.25) is 0 Å². The molecule has 21 heavy (non-hydrogen) atoms. The van der Waals surface area contributed by atoms with E-state index in [4.69, 9.17) is 15.4 Å². The summed E-state index contributed by atoms with van der Waals surface area (Å²) in [6.45, 7) is 5.61. The van der Waals surface area contributed by atoms with Crippen LogP contribution in [0.1, 0.15) is 37.6 Å². The van der Waals surface area contributed by atoms with Gasteiger partial charge >= 0.3 is 5.97 Å². The summed E-state index contributed by atoms with van der Waals surface area (Å²) in [5, 5.41) is 0. The van der Waals surface area contributed by atoms with Crippen LogP contribution >= 0.6 is 26.6 Å². The third-order valence-corrected chi connectivity index (χ3v) is 4.38. The molecule has 0 aliphatic rings. The lowest BCUT2D eigenvalue weighted by Gasteiger charge is -2.16. The van der Waals surface area contributed by atoms with Gasteiger partial charge in [0.15, 0.2) is 5.82 Å². The highest BCUT2D eigenvalue weighted by molar-refractivity contribution is 9.10. The smallest absolute Gasteiger partial charge is 0.341 e. The van der Waals surface area contributed by atoms with Crippen LogP contribution in [0.25, 0.3) is 0 Å². The number of hydrogen-bond acceptors (Lipinski definition) is 4. The molecular weight excluding hydrogens is 387 g/mol. The Morgan fingerprint density at radius 1 is 1.38 bits per heavy atom. The second-order valence-electron chi connectivity index (χ2n) is 5.05. The lowest BCUT2D eigenvalue weighted by molar-refractivity contribution is 0.0293. The SMILES string of the molecule is CC(C)CC(C)OC(=O)c1cc(Br)cc(S(=O)(=O)Cl)c1F. The van der Waals surface area contributed by atoms with Gasteiger partial charge in [-0.2, -0.15) is 0 Å². The minimum absolute atomic E-state index is 0.214. The fourth-order valence-corrected chi connectivity index (χ4v) is 3.39. The molecule has 1 atom stereocenters. The highest BCUT2D eigenvalue weighted by Gasteiger charge is 2.25. The Bertz CT molecular complexity index is 646. The van der Waals surface area contributed by atoms with Crippen LogP contribution in [0.2, 0.25) is 0 Å². The molecule has 0 spiro atoms. The number of benzene rings is 1. The number of halogens is 3. The summed E-state index contributed by atoms with van der Waals surface area (Å²) in [4.78, 5) is 11.2. The van der Waals surface area contributed by atoms with Crippen LogP contribution in [0.5, 0.6) is 0 Å². The van der Waals surface area contributed by atoms with Crippen LogP contribution in [-0.4, -0.2) is 20.5 Å². The average molecular weight is 402 g/mol. The van der Waals surface area contributed by atoms with Crippen molar-refractivity contribution in [3.05, 3.63) is 28.0 Å². The second-order valence-corrected chi connectivity index (χ2v) is 8.50. The number of esters is 1. The molecule has 0 aliphatic carbocycles. The van der Waals surface area contributed by atoms with Gasteiger partial charge in [-0.05, 0) is 31.4 Å². The van der Waals surface area contributed by atoms with Crippen molar-refractivity contribution in [1.82, 2.24) is 0 Å². The fraction of sp³-hybridized carbons (Fsp3) is 0.462. The molecule has 0 heterocycles. The van der Waals surface area contributed by atoms with Gasteiger partial charge in [0.25, 0.3) is 9.05 Å². The Hall–Kier alpha value is -0.660. The zero-order chi connectivity index (χ0) is 16.4. The van der Waals surface area contributed by atoms with E-state index in [0.29, 0.717) is 12.3 Å². The largest absolute Gasteiger partial charge is 0.459 e. The van der Waals surface area contributed by atoms with Crippen LogP contribution in [0, 0.1) is 11.7 Å². The van der Waals surface area contributed by atoms with Gasteiger partial charge in [-0.15, -0.1) is 0 Å². The standard InChI is InChI=1S/C13H15BrClFO4S/c1-7(2)4-8(3)20-13(17)10-5-9(14)6-11(12(10)16)21(15,18)19/h5-8H,4H2,1-3H3. The van der Waals surface area contributed by atoms with Crippen LogP contribution in [-0.2, 0) is 13.8 Å². The highest BCUT2D eigenvalue weighted by Crippen LogP contribution is 2.27. The van der Waals surface area contributed by atoms with Crippen LogP contribution < -0.4 is 0 Å². The number of hydrogen-bond donors (Lipinski definition) is 0. The van der Waals surface area contributed by atoms with Crippen molar-refractivity contribution < 1.29 is 22.3 Å². The molecule has 0 saturated carbocycles. The first-order valence-electron chi connectivity index (χ1n) is 6.17. The van der Waals surface area contributed by atoms with E-state index in [9.17, 15) is 17.6 Å². The summed E-state index contributed by atoms with van der Waals surface area (Å²) >= 11 is 3.02. The Balaban J connectivity index is 3.14. The van der Waals surface area contributed by atoms with E-state index in [-0.39, 0.29) is 4.47 Å².